The molecule has 1 aromatic carbocycles. The molecule has 2 aromatic heterocycles. The van der Waals surface area contributed by atoms with E-state index in [1.807, 2.05) is 49.6 Å². The lowest BCUT2D eigenvalue weighted by Crippen LogP contribution is -2.08. The minimum absolute atomic E-state index is 0.162. The third-order valence-electron chi connectivity index (χ3n) is 3.61. The largest absolute Gasteiger partial charge is 0.456 e. The molecule has 2 heterocycles. The summed E-state index contributed by atoms with van der Waals surface area (Å²) in [6.07, 6.45) is 1.73. The van der Waals surface area contributed by atoms with Gasteiger partial charge in [-0.3, -0.25) is 4.98 Å². The van der Waals surface area contributed by atoms with Crippen LogP contribution in [0.2, 0.25) is 0 Å². The molecular weight excluding hydrogens is 308 g/mol. The van der Waals surface area contributed by atoms with Crippen molar-refractivity contribution in [2.24, 2.45) is 0 Å². The van der Waals surface area contributed by atoms with Gasteiger partial charge in [-0.2, -0.15) is 0 Å². The first-order valence-corrected chi connectivity index (χ1v) is 8.12. The van der Waals surface area contributed by atoms with Crippen LogP contribution in [0.3, 0.4) is 0 Å². The summed E-state index contributed by atoms with van der Waals surface area (Å²) in [6, 6.07) is 11.3. The van der Waals surface area contributed by atoms with Crippen molar-refractivity contribution in [1.82, 2.24) is 9.97 Å². The molecule has 0 unspecified atom stereocenters. The molecule has 0 aliphatic carbocycles. The maximum atomic E-state index is 12.2. The Hall–Kier alpha value is -2.53. The number of pyridine rings is 1. The molecule has 0 saturated carbocycles. The van der Waals surface area contributed by atoms with E-state index in [9.17, 15) is 4.79 Å². The minimum Gasteiger partial charge on any atom is -0.456 e. The van der Waals surface area contributed by atoms with Crippen LogP contribution in [0.4, 0.5) is 0 Å². The number of hydrogen-bond acceptors (Lipinski definition) is 5. The summed E-state index contributed by atoms with van der Waals surface area (Å²) in [7, 11) is 0. The monoisotopic (exact) mass is 324 g/mol. The summed E-state index contributed by atoms with van der Waals surface area (Å²) in [5.41, 5.74) is 4.18. The Morgan fingerprint density at radius 3 is 2.83 bits per heavy atom. The lowest BCUT2D eigenvalue weighted by atomic mass is 10.0. The maximum Gasteiger partial charge on any atom is 0.338 e. The highest BCUT2D eigenvalue weighted by Crippen LogP contribution is 2.22. The van der Waals surface area contributed by atoms with Gasteiger partial charge in [-0.05, 0) is 43.2 Å². The molecule has 0 aliphatic rings. The number of hydrogen-bond donors (Lipinski definition) is 0. The van der Waals surface area contributed by atoms with Crippen molar-refractivity contribution in [3.8, 4) is 10.7 Å². The van der Waals surface area contributed by atoms with Crippen LogP contribution in [-0.2, 0) is 11.3 Å². The molecule has 23 heavy (non-hydrogen) atoms. The van der Waals surface area contributed by atoms with Gasteiger partial charge in [0.1, 0.15) is 11.6 Å². The molecule has 0 aliphatic heterocycles. The van der Waals surface area contributed by atoms with Gasteiger partial charge in [0.05, 0.1) is 17.0 Å². The summed E-state index contributed by atoms with van der Waals surface area (Å²) in [5, 5.41) is 2.71. The normalized spacial score (nSPS) is 10.5. The first-order valence-electron chi connectivity index (χ1n) is 7.24. The van der Waals surface area contributed by atoms with Crippen LogP contribution in [0.15, 0.2) is 48.0 Å². The number of aromatic nitrogens is 2. The van der Waals surface area contributed by atoms with Crippen molar-refractivity contribution in [1.29, 1.82) is 0 Å². The molecule has 0 N–H and O–H groups in total. The second-order valence-corrected chi connectivity index (χ2v) is 6.04. The standard InChI is InChI=1S/C18H16N2O2S/c1-12-6-5-7-15(13(12)2)18(21)22-10-14-11-23-17(20-14)16-8-3-4-9-19-16/h3-9,11H,10H2,1-2H3. The predicted octanol–water partition coefficient (Wildman–Crippen LogP) is 4.18. The fourth-order valence-corrected chi connectivity index (χ4v) is 2.95. The van der Waals surface area contributed by atoms with E-state index in [1.165, 1.54) is 11.3 Å². The van der Waals surface area contributed by atoms with Gasteiger partial charge in [-0.1, -0.05) is 18.2 Å². The number of aryl methyl sites for hydroxylation is 1. The topological polar surface area (TPSA) is 52.1 Å². The van der Waals surface area contributed by atoms with E-state index < -0.39 is 0 Å². The Balaban J connectivity index is 1.68. The average Bonchev–Trinajstić information content (AvgIpc) is 3.05. The Bertz CT molecular complexity index is 828. The number of ether oxygens (including phenoxy) is 1. The molecule has 0 saturated heterocycles. The summed E-state index contributed by atoms with van der Waals surface area (Å²) in [5.74, 6) is -0.321. The highest BCUT2D eigenvalue weighted by molar-refractivity contribution is 7.13. The fraction of sp³-hybridized carbons (Fsp3) is 0.167. The van der Waals surface area contributed by atoms with Crippen molar-refractivity contribution in [3.63, 3.8) is 0 Å². The van der Waals surface area contributed by atoms with E-state index in [2.05, 4.69) is 9.97 Å². The number of carbonyl (C=O) groups excluding carboxylic acids is 1. The maximum absolute atomic E-state index is 12.2. The minimum atomic E-state index is -0.321. The SMILES string of the molecule is Cc1cccc(C(=O)OCc2csc(-c3ccccn3)n2)c1C. The first-order chi connectivity index (χ1) is 11.1. The Labute approximate surface area is 138 Å². The molecule has 0 bridgehead atoms. The van der Waals surface area contributed by atoms with Gasteiger partial charge in [0.15, 0.2) is 0 Å². The summed E-state index contributed by atoms with van der Waals surface area (Å²) in [4.78, 5) is 20.9. The zero-order valence-electron chi connectivity index (χ0n) is 12.9. The van der Waals surface area contributed by atoms with Crippen LogP contribution in [0.25, 0.3) is 10.7 Å². The third-order valence-corrected chi connectivity index (χ3v) is 4.53. The zero-order valence-corrected chi connectivity index (χ0v) is 13.8. The molecule has 5 heteroatoms. The number of nitrogens with zero attached hydrogens (tertiary/aromatic N) is 2. The lowest BCUT2D eigenvalue weighted by Gasteiger charge is -2.07. The van der Waals surface area contributed by atoms with Crippen LogP contribution in [0.5, 0.6) is 0 Å². The smallest absolute Gasteiger partial charge is 0.338 e. The quantitative estimate of drug-likeness (QED) is 0.676. The Morgan fingerprint density at radius 2 is 2.04 bits per heavy atom. The van der Waals surface area contributed by atoms with E-state index in [4.69, 9.17) is 4.74 Å². The second kappa shape index (κ2) is 6.71. The molecule has 3 rings (SSSR count). The van der Waals surface area contributed by atoms with E-state index >= 15 is 0 Å². The number of thiazole rings is 1. The highest BCUT2D eigenvalue weighted by atomic mass is 32.1. The van der Waals surface area contributed by atoms with E-state index in [1.54, 1.807) is 12.3 Å². The van der Waals surface area contributed by atoms with Gasteiger partial charge in [-0.25, -0.2) is 9.78 Å². The highest BCUT2D eigenvalue weighted by Gasteiger charge is 2.13. The van der Waals surface area contributed by atoms with Gasteiger partial charge < -0.3 is 4.74 Å². The van der Waals surface area contributed by atoms with E-state index in [0.29, 0.717) is 5.56 Å². The number of carbonyl (C=O) groups is 1. The molecule has 0 amide bonds. The van der Waals surface area contributed by atoms with E-state index in [0.717, 1.165) is 27.5 Å². The number of rotatable bonds is 4. The summed E-state index contributed by atoms with van der Waals surface area (Å²) in [6.45, 7) is 4.06. The average molecular weight is 324 g/mol. The second-order valence-electron chi connectivity index (χ2n) is 5.18. The van der Waals surface area contributed by atoms with Crippen molar-refractivity contribution < 1.29 is 9.53 Å². The van der Waals surface area contributed by atoms with Crippen LogP contribution in [0.1, 0.15) is 27.2 Å². The summed E-state index contributed by atoms with van der Waals surface area (Å²) < 4.78 is 5.38. The number of esters is 1. The van der Waals surface area contributed by atoms with E-state index in [-0.39, 0.29) is 12.6 Å². The fourth-order valence-electron chi connectivity index (χ4n) is 2.17. The molecule has 116 valence electrons. The van der Waals surface area contributed by atoms with Crippen molar-refractivity contribution >= 4 is 17.3 Å². The van der Waals surface area contributed by atoms with Crippen LogP contribution in [0, 0.1) is 13.8 Å². The number of benzene rings is 1. The molecule has 4 nitrogen and oxygen atoms in total. The molecule has 3 aromatic rings. The lowest BCUT2D eigenvalue weighted by molar-refractivity contribution is 0.0467. The van der Waals surface area contributed by atoms with Crippen LogP contribution >= 0.6 is 11.3 Å². The predicted molar refractivity (Wildman–Crippen MR) is 90.4 cm³/mol. The first kappa shape index (κ1) is 15.4. The van der Waals surface area contributed by atoms with Gasteiger partial charge in [0, 0.05) is 11.6 Å². The third kappa shape index (κ3) is 3.46. The molecular formula is C18H16N2O2S. The summed E-state index contributed by atoms with van der Waals surface area (Å²) >= 11 is 1.49. The molecule has 0 atom stereocenters. The van der Waals surface area contributed by atoms with Crippen molar-refractivity contribution in [2.45, 2.75) is 20.5 Å². The van der Waals surface area contributed by atoms with Crippen LogP contribution < -0.4 is 0 Å². The van der Waals surface area contributed by atoms with Crippen molar-refractivity contribution in [3.05, 3.63) is 70.4 Å². The van der Waals surface area contributed by atoms with Gasteiger partial charge in [0.2, 0.25) is 0 Å². The van der Waals surface area contributed by atoms with Gasteiger partial charge in [-0.15, -0.1) is 11.3 Å². The van der Waals surface area contributed by atoms with Crippen LogP contribution in [-0.4, -0.2) is 15.9 Å². The molecule has 0 radical (unpaired) electrons. The van der Waals surface area contributed by atoms with Gasteiger partial charge in [0.25, 0.3) is 0 Å². The molecule has 0 spiro atoms. The Morgan fingerprint density at radius 1 is 1.17 bits per heavy atom. The zero-order chi connectivity index (χ0) is 16.2. The molecule has 0 fully saturated rings. The Kier molecular flexibility index (Phi) is 4.48. The van der Waals surface area contributed by atoms with Crippen molar-refractivity contribution in [2.75, 3.05) is 0 Å². The van der Waals surface area contributed by atoms with Gasteiger partial charge >= 0.3 is 5.97 Å².